The lowest BCUT2D eigenvalue weighted by molar-refractivity contribution is -0.136. The summed E-state index contributed by atoms with van der Waals surface area (Å²) in [6.07, 6.45) is 1.72. The summed E-state index contributed by atoms with van der Waals surface area (Å²) in [6, 6.07) is 1.92. The van der Waals surface area contributed by atoms with Gasteiger partial charge in [0.1, 0.15) is 5.69 Å². The molecule has 0 aliphatic carbocycles. The number of carbonyl (C=O) groups is 2. The Hall–Kier alpha value is -1.89. The van der Waals surface area contributed by atoms with Crippen LogP contribution in [-0.4, -0.2) is 32.9 Å². The number of aromatic nitrogens is 2. The predicted octanol–water partition coefficient (Wildman–Crippen LogP) is 1.92. The van der Waals surface area contributed by atoms with Gasteiger partial charge in [0.2, 0.25) is 0 Å². The molecule has 0 radical (unpaired) electrons. The van der Waals surface area contributed by atoms with Crippen molar-refractivity contribution in [3.8, 4) is 0 Å². The molecular formula is C13H14BrN3O3. The van der Waals surface area contributed by atoms with Crippen molar-refractivity contribution in [1.29, 1.82) is 0 Å². The van der Waals surface area contributed by atoms with E-state index in [0.717, 1.165) is 10.0 Å². The molecule has 0 spiro atoms. The number of carboxylic acid groups (broad SMARTS) is 1. The molecule has 106 valence electrons. The molecule has 2 aromatic heterocycles. The fourth-order valence-electron chi connectivity index (χ4n) is 1.99. The topological polar surface area (TPSA) is 83.7 Å². The summed E-state index contributed by atoms with van der Waals surface area (Å²) in [5.41, 5.74) is 2.68. The molecule has 0 unspecified atom stereocenters. The minimum atomic E-state index is -0.946. The van der Waals surface area contributed by atoms with Crippen LogP contribution in [0.25, 0.3) is 5.65 Å². The lowest BCUT2D eigenvalue weighted by atomic mass is 10.3. The van der Waals surface area contributed by atoms with Crippen LogP contribution in [0.5, 0.6) is 0 Å². The standard InChI is InChI=1S/C13H14BrN3O3/c1-7-5-9(14)12-16-8(2)11(17(12)6-7)13(20)15-4-3-10(18)19/h5-6H,3-4H2,1-2H3,(H,15,20)(H,18,19). The summed E-state index contributed by atoms with van der Waals surface area (Å²) < 4.78 is 2.52. The SMILES string of the molecule is Cc1cc(Br)c2nc(C)c(C(=O)NCCC(=O)O)n2c1. The van der Waals surface area contributed by atoms with E-state index >= 15 is 0 Å². The lowest BCUT2D eigenvalue weighted by Gasteiger charge is -2.06. The van der Waals surface area contributed by atoms with Crippen LogP contribution in [-0.2, 0) is 4.79 Å². The molecule has 0 fully saturated rings. The summed E-state index contributed by atoms with van der Waals surface area (Å²) >= 11 is 3.42. The van der Waals surface area contributed by atoms with Gasteiger partial charge >= 0.3 is 5.97 Å². The quantitative estimate of drug-likeness (QED) is 0.891. The van der Waals surface area contributed by atoms with Crippen LogP contribution >= 0.6 is 15.9 Å². The summed E-state index contributed by atoms with van der Waals surface area (Å²) in [5, 5.41) is 11.2. The van der Waals surface area contributed by atoms with Crippen molar-refractivity contribution in [3.63, 3.8) is 0 Å². The van der Waals surface area contributed by atoms with Gasteiger partial charge in [-0.1, -0.05) is 0 Å². The van der Waals surface area contributed by atoms with E-state index in [0.29, 0.717) is 17.0 Å². The predicted molar refractivity (Wildman–Crippen MR) is 77.0 cm³/mol. The highest BCUT2D eigenvalue weighted by Crippen LogP contribution is 2.22. The molecule has 0 bridgehead atoms. The summed E-state index contributed by atoms with van der Waals surface area (Å²) in [7, 11) is 0. The number of fused-ring (bicyclic) bond motifs is 1. The van der Waals surface area contributed by atoms with Crippen molar-refractivity contribution in [1.82, 2.24) is 14.7 Å². The molecule has 2 aromatic rings. The number of nitrogens with zero attached hydrogens (tertiary/aromatic N) is 2. The van der Waals surface area contributed by atoms with E-state index in [1.807, 2.05) is 19.2 Å². The molecule has 2 rings (SSSR count). The molecule has 1 amide bonds. The minimum Gasteiger partial charge on any atom is -0.481 e. The third kappa shape index (κ3) is 2.82. The van der Waals surface area contributed by atoms with Gasteiger partial charge in [-0.2, -0.15) is 0 Å². The highest BCUT2D eigenvalue weighted by Gasteiger charge is 2.18. The Morgan fingerprint density at radius 3 is 2.80 bits per heavy atom. The Morgan fingerprint density at radius 1 is 1.45 bits per heavy atom. The van der Waals surface area contributed by atoms with E-state index < -0.39 is 5.97 Å². The van der Waals surface area contributed by atoms with Crippen molar-refractivity contribution in [2.45, 2.75) is 20.3 Å². The first-order valence-electron chi connectivity index (χ1n) is 6.05. The van der Waals surface area contributed by atoms with Gasteiger partial charge in [0.05, 0.1) is 16.6 Å². The van der Waals surface area contributed by atoms with Gasteiger partial charge in [0.15, 0.2) is 5.65 Å². The zero-order chi connectivity index (χ0) is 14.9. The van der Waals surface area contributed by atoms with Gasteiger partial charge < -0.3 is 10.4 Å². The lowest BCUT2D eigenvalue weighted by Crippen LogP contribution is -2.27. The third-order valence-electron chi connectivity index (χ3n) is 2.83. The smallest absolute Gasteiger partial charge is 0.305 e. The molecule has 0 aromatic carbocycles. The Kier molecular flexibility index (Phi) is 4.08. The maximum atomic E-state index is 12.2. The van der Waals surface area contributed by atoms with Crippen LogP contribution in [0.3, 0.4) is 0 Å². The first kappa shape index (κ1) is 14.5. The average Bonchev–Trinajstić information content (AvgIpc) is 2.65. The van der Waals surface area contributed by atoms with Gasteiger partial charge in [-0.05, 0) is 41.4 Å². The second-order valence-corrected chi connectivity index (χ2v) is 5.36. The molecule has 0 saturated carbocycles. The largest absolute Gasteiger partial charge is 0.481 e. The molecule has 0 saturated heterocycles. The number of amides is 1. The summed E-state index contributed by atoms with van der Waals surface area (Å²) in [6.45, 7) is 3.76. The molecule has 20 heavy (non-hydrogen) atoms. The van der Waals surface area contributed by atoms with E-state index in [2.05, 4.69) is 26.2 Å². The highest BCUT2D eigenvalue weighted by atomic mass is 79.9. The number of halogens is 1. The van der Waals surface area contributed by atoms with Crippen molar-refractivity contribution >= 4 is 33.5 Å². The van der Waals surface area contributed by atoms with Gasteiger partial charge in [-0.25, -0.2) is 4.98 Å². The Balaban J connectivity index is 2.36. The van der Waals surface area contributed by atoms with Crippen LogP contribution in [0.2, 0.25) is 0 Å². The summed E-state index contributed by atoms with van der Waals surface area (Å²) in [5.74, 6) is -1.27. The maximum Gasteiger partial charge on any atom is 0.305 e. The number of aliphatic carboxylic acids is 1. The van der Waals surface area contributed by atoms with Crippen molar-refractivity contribution in [2.24, 2.45) is 0 Å². The van der Waals surface area contributed by atoms with E-state index in [1.165, 1.54) is 0 Å². The number of carbonyl (C=O) groups excluding carboxylic acids is 1. The number of imidazole rings is 1. The molecule has 6 nitrogen and oxygen atoms in total. The molecule has 0 aliphatic rings. The molecule has 2 heterocycles. The minimum absolute atomic E-state index is 0.0911. The molecule has 0 aliphatic heterocycles. The number of pyridine rings is 1. The molecule has 2 N–H and O–H groups in total. The molecular weight excluding hydrogens is 326 g/mol. The van der Waals surface area contributed by atoms with Gasteiger partial charge in [-0.15, -0.1) is 0 Å². The van der Waals surface area contributed by atoms with E-state index in [4.69, 9.17) is 5.11 Å². The average molecular weight is 340 g/mol. The second kappa shape index (κ2) is 5.62. The fourth-order valence-corrected chi connectivity index (χ4v) is 2.63. The zero-order valence-electron chi connectivity index (χ0n) is 11.1. The fraction of sp³-hybridized carbons (Fsp3) is 0.308. The number of hydrogen-bond donors (Lipinski definition) is 2. The van der Waals surface area contributed by atoms with E-state index in [9.17, 15) is 9.59 Å². The highest BCUT2D eigenvalue weighted by molar-refractivity contribution is 9.10. The number of carboxylic acids is 1. The summed E-state index contributed by atoms with van der Waals surface area (Å²) in [4.78, 5) is 27.0. The van der Waals surface area contributed by atoms with E-state index in [1.54, 1.807) is 11.3 Å². The normalized spacial score (nSPS) is 10.8. The number of rotatable bonds is 4. The van der Waals surface area contributed by atoms with Gasteiger partial charge in [0.25, 0.3) is 5.91 Å². The number of aryl methyl sites for hydroxylation is 2. The van der Waals surface area contributed by atoms with Gasteiger partial charge in [0, 0.05) is 12.7 Å². The van der Waals surface area contributed by atoms with Crippen molar-refractivity contribution < 1.29 is 14.7 Å². The number of hydrogen-bond acceptors (Lipinski definition) is 3. The first-order valence-corrected chi connectivity index (χ1v) is 6.84. The zero-order valence-corrected chi connectivity index (χ0v) is 12.7. The van der Waals surface area contributed by atoms with Crippen LogP contribution in [0, 0.1) is 13.8 Å². The van der Waals surface area contributed by atoms with Crippen LogP contribution in [0.1, 0.15) is 28.2 Å². The Labute approximate surface area is 123 Å². The van der Waals surface area contributed by atoms with Crippen LogP contribution < -0.4 is 5.32 Å². The van der Waals surface area contributed by atoms with Crippen LogP contribution in [0.15, 0.2) is 16.7 Å². The Bertz CT molecular complexity index is 694. The van der Waals surface area contributed by atoms with Crippen molar-refractivity contribution in [3.05, 3.63) is 33.7 Å². The van der Waals surface area contributed by atoms with Crippen molar-refractivity contribution in [2.75, 3.05) is 6.54 Å². The number of nitrogens with one attached hydrogen (secondary N) is 1. The second-order valence-electron chi connectivity index (χ2n) is 4.50. The van der Waals surface area contributed by atoms with E-state index in [-0.39, 0.29) is 18.9 Å². The third-order valence-corrected chi connectivity index (χ3v) is 3.41. The molecule has 0 atom stereocenters. The first-order chi connectivity index (χ1) is 9.40. The monoisotopic (exact) mass is 339 g/mol. The van der Waals surface area contributed by atoms with Gasteiger partial charge in [-0.3, -0.25) is 14.0 Å². The van der Waals surface area contributed by atoms with Crippen LogP contribution in [0.4, 0.5) is 0 Å². The molecule has 7 heteroatoms. The Morgan fingerprint density at radius 2 is 2.15 bits per heavy atom. The maximum absolute atomic E-state index is 12.2.